The number of aliphatic hydroxyl groups is 2. The largest absolute Gasteiger partial charge is 0.390 e. The van der Waals surface area contributed by atoms with Gasteiger partial charge in [0.05, 0.1) is 17.7 Å². The van der Waals surface area contributed by atoms with Gasteiger partial charge in [0.15, 0.2) is 0 Å². The maximum atomic E-state index is 12.8. The molecule has 5 heteroatoms. The molecule has 2 heterocycles. The van der Waals surface area contributed by atoms with E-state index >= 15 is 0 Å². The second-order valence-corrected chi connectivity index (χ2v) is 7.52. The Bertz CT molecular complexity index is 606. The minimum absolute atomic E-state index is 0.0839. The van der Waals surface area contributed by atoms with E-state index in [-0.39, 0.29) is 11.9 Å². The predicted molar refractivity (Wildman–Crippen MR) is 92.4 cm³/mol. The van der Waals surface area contributed by atoms with Crippen LogP contribution in [0.1, 0.15) is 43.7 Å². The lowest BCUT2D eigenvalue weighted by Gasteiger charge is -2.45. The number of carbonyl (C=O) groups is 1. The number of aliphatic hydroxyl groups excluding tert-OH is 2. The Morgan fingerprint density at radius 1 is 1.33 bits per heavy atom. The Balaban J connectivity index is 1.94. The lowest BCUT2D eigenvalue weighted by atomic mass is 9.83. The molecule has 0 bridgehead atoms. The number of carbonyl (C=O) groups excluding carboxylic acids is 1. The summed E-state index contributed by atoms with van der Waals surface area (Å²) in [5.74, 6) is 0.131. The maximum Gasteiger partial charge on any atom is 0.223 e. The van der Waals surface area contributed by atoms with Crippen molar-refractivity contribution in [3.63, 3.8) is 0 Å². The summed E-state index contributed by atoms with van der Waals surface area (Å²) < 4.78 is 0. The second-order valence-electron chi connectivity index (χ2n) is 7.52. The van der Waals surface area contributed by atoms with E-state index in [0.717, 1.165) is 18.4 Å². The van der Waals surface area contributed by atoms with Crippen LogP contribution in [-0.2, 0) is 11.3 Å². The number of amides is 1. The number of rotatable bonds is 2. The van der Waals surface area contributed by atoms with E-state index in [1.165, 1.54) is 5.56 Å². The number of likely N-dealkylation sites (tertiary alicyclic amines) is 1. The highest BCUT2D eigenvalue weighted by Gasteiger charge is 2.47. The minimum Gasteiger partial charge on any atom is -0.390 e. The van der Waals surface area contributed by atoms with E-state index in [2.05, 4.69) is 11.4 Å². The first kappa shape index (κ1) is 17.4. The Labute approximate surface area is 143 Å². The van der Waals surface area contributed by atoms with E-state index in [1.54, 1.807) is 0 Å². The second kappa shape index (κ2) is 6.82. The number of nitrogens with one attached hydrogen (secondary N) is 1. The molecule has 2 fully saturated rings. The van der Waals surface area contributed by atoms with Gasteiger partial charge in [-0.1, -0.05) is 29.8 Å². The summed E-state index contributed by atoms with van der Waals surface area (Å²) in [6.45, 7) is 5.00. The molecule has 2 aliphatic heterocycles. The third-order valence-electron chi connectivity index (χ3n) is 5.61. The van der Waals surface area contributed by atoms with Crippen LogP contribution in [0.25, 0.3) is 0 Å². The summed E-state index contributed by atoms with van der Waals surface area (Å²) in [5.41, 5.74) is 1.77. The Morgan fingerprint density at radius 3 is 2.88 bits per heavy atom. The molecule has 0 aliphatic carbocycles. The molecule has 1 aromatic carbocycles. The van der Waals surface area contributed by atoms with Gasteiger partial charge in [-0.3, -0.25) is 4.79 Å². The molecule has 3 rings (SSSR count). The highest BCUT2D eigenvalue weighted by Crippen LogP contribution is 2.35. The molecule has 24 heavy (non-hydrogen) atoms. The van der Waals surface area contributed by atoms with Crippen LogP contribution in [0.3, 0.4) is 0 Å². The van der Waals surface area contributed by atoms with Crippen molar-refractivity contribution in [2.75, 3.05) is 6.54 Å². The summed E-state index contributed by atoms with van der Waals surface area (Å²) in [5, 5.41) is 23.8. The molecule has 0 radical (unpaired) electrons. The van der Waals surface area contributed by atoms with Crippen LogP contribution < -0.4 is 5.32 Å². The Hall–Kier alpha value is -1.43. The van der Waals surface area contributed by atoms with Crippen LogP contribution in [0, 0.1) is 6.92 Å². The topological polar surface area (TPSA) is 72.8 Å². The summed E-state index contributed by atoms with van der Waals surface area (Å²) in [7, 11) is 0. The van der Waals surface area contributed by atoms with E-state index in [0.29, 0.717) is 25.9 Å². The van der Waals surface area contributed by atoms with Gasteiger partial charge in [0.1, 0.15) is 0 Å². The van der Waals surface area contributed by atoms with Crippen molar-refractivity contribution in [2.24, 2.45) is 0 Å². The van der Waals surface area contributed by atoms with Crippen molar-refractivity contribution in [3.8, 4) is 0 Å². The fraction of sp³-hybridized carbons (Fsp3) is 0.632. The Kier molecular flexibility index (Phi) is 4.95. The predicted octanol–water partition coefficient (Wildman–Crippen LogP) is 1.35. The number of hydrogen-bond acceptors (Lipinski definition) is 4. The highest BCUT2D eigenvalue weighted by atomic mass is 16.3. The SMILES string of the molecule is Cc1cccc(CN2C(=O)CCC[C@H]3NC[C@H](O)[C@H](O)C[C@@]32C)c1. The smallest absolute Gasteiger partial charge is 0.223 e. The average molecular weight is 332 g/mol. The molecule has 0 saturated carbocycles. The van der Waals surface area contributed by atoms with Gasteiger partial charge in [-0.05, 0) is 32.3 Å². The van der Waals surface area contributed by atoms with Crippen LogP contribution in [0.4, 0.5) is 0 Å². The van der Waals surface area contributed by atoms with E-state index < -0.39 is 17.7 Å². The zero-order valence-electron chi connectivity index (χ0n) is 14.5. The van der Waals surface area contributed by atoms with Crippen LogP contribution in [0.2, 0.25) is 0 Å². The first-order chi connectivity index (χ1) is 11.4. The van der Waals surface area contributed by atoms with Gasteiger partial charge in [-0.2, -0.15) is 0 Å². The minimum atomic E-state index is -0.821. The summed E-state index contributed by atoms with van der Waals surface area (Å²) in [6.07, 6.45) is 1.04. The highest BCUT2D eigenvalue weighted by molar-refractivity contribution is 5.77. The third-order valence-corrected chi connectivity index (χ3v) is 5.61. The van der Waals surface area contributed by atoms with Gasteiger partial charge in [-0.15, -0.1) is 0 Å². The third kappa shape index (κ3) is 3.34. The normalized spacial score (nSPS) is 34.4. The van der Waals surface area contributed by atoms with Crippen LogP contribution in [-0.4, -0.2) is 51.4 Å². The molecule has 4 atom stereocenters. The quantitative estimate of drug-likeness (QED) is 0.764. The molecule has 2 aliphatic rings. The van der Waals surface area contributed by atoms with Gasteiger partial charge in [0.25, 0.3) is 0 Å². The zero-order chi connectivity index (χ0) is 17.3. The van der Waals surface area contributed by atoms with E-state index in [1.807, 2.05) is 36.9 Å². The number of nitrogens with zero attached hydrogens (tertiary/aromatic N) is 1. The summed E-state index contributed by atoms with van der Waals surface area (Å²) >= 11 is 0. The van der Waals surface area contributed by atoms with Gasteiger partial charge < -0.3 is 20.4 Å². The maximum absolute atomic E-state index is 12.8. The van der Waals surface area contributed by atoms with Crippen molar-refractivity contribution < 1.29 is 15.0 Å². The molecule has 1 amide bonds. The molecule has 2 saturated heterocycles. The standard InChI is InChI=1S/C19H28N2O3/c1-13-5-3-6-14(9-13)12-21-18(24)8-4-7-17-19(21,2)10-15(22)16(23)11-20-17/h3,5-6,9,15-17,20,22-23H,4,7-8,10-12H2,1-2H3/t15-,16+,17-,19+/m1/s1. The van der Waals surface area contributed by atoms with Crippen molar-refractivity contribution in [2.45, 2.75) is 69.9 Å². The molecule has 0 unspecified atom stereocenters. The van der Waals surface area contributed by atoms with Crippen LogP contribution in [0.15, 0.2) is 24.3 Å². The molecule has 0 aromatic heterocycles. The lowest BCUT2D eigenvalue weighted by molar-refractivity contribution is -0.139. The van der Waals surface area contributed by atoms with Gasteiger partial charge in [0.2, 0.25) is 5.91 Å². The zero-order valence-corrected chi connectivity index (χ0v) is 14.5. The summed E-state index contributed by atoms with van der Waals surface area (Å²) in [4.78, 5) is 14.7. The number of benzene rings is 1. The molecule has 1 aromatic rings. The van der Waals surface area contributed by atoms with Crippen molar-refractivity contribution >= 4 is 5.91 Å². The van der Waals surface area contributed by atoms with Crippen LogP contribution in [0.5, 0.6) is 0 Å². The molecule has 132 valence electrons. The van der Waals surface area contributed by atoms with Crippen molar-refractivity contribution in [1.82, 2.24) is 10.2 Å². The van der Waals surface area contributed by atoms with Crippen molar-refractivity contribution in [1.29, 1.82) is 0 Å². The molecule has 5 nitrogen and oxygen atoms in total. The number of aryl methyl sites for hydroxylation is 1. The fourth-order valence-corrected chi connectivity index (χ4v) is 4.17. The van der Waals surface area contributed by atoms with E-state index in [4.69, 9.17) is 0 Å². The first-order valence-corrected chi connectivity index (χ1v) is 8.85. The van der Waals surface area contributed by atoms with Gasteiger partial charge in [-0.25, -0.2) is 0 Å². The lowest BCUT2D eigenvalue weighted by Crippen LogP contribution is -2.59. The number of hydrogen-bond donors (Lipinski definition) is 3. The number of β-amino-alcohol motifs (C(OH)–C–C–N with tert-alkyl or cyclic N) is 1. The molecular formula is C19H28N2O3. The molecule has 3 N–H and O–H groups in total. The monoisotopic (exact) mass is 332 g/mol. The van der Waals surface area contributed by atoms with Gasteiger partial charge >= 0.3 is 0 Å². The number of fused-ring (bicyclic) bond motifs is 1. The fourth-order valence-electron chi connectivity index (χ4n) is 4.17. The van der Waals surface area contributed by atoms with E-state index in [9.17, 15) is 15.0 Å². The summed E-state index contributed by atoms with van der Waals surface area (Å²) in [6, 6.07) is 8.29. The average Bonchev–Trinajstić information content (AvgIpc) is 2.71. The molecule has 0 spiro atoms. The molecular weight excluding hydrogens is 304 g/mol. The van der Waals surface area contributed by atoms with Gasteiger partial charge in [0, 0.05) is 32.0 Å². The van der Waals surface area contributed by atoms with Crippen LogP contribution >= 0.6 is 0 Å². The first-order valence-electron chi connectivity index (χ1n) is 8.85. The van der Waals surface area contributed by atoms with Crippen molar-refractivity contribution in [3.05, 3.63) is 35.4 Å². The Morgan fingerprint density at radius 2 is 2.12 bits per heavy atom.